The highest BCUT2D eigenvalue weighted by Crippen LogP contribution is 2.28. The SMILES string of the molecule is CCCCc1c(Cl)cccc1N=NC(C#N)C(N)=O. The highest BCUT2D eigenvalue weighted by molar-refractivity contribution is 6.31. The number of halogens is 1. The van der Waals surface area contributed by atoms with Crippen LogP contribution in [-0.2, 0) is 11.2 Å². The van der Waals surface area contributed by atoms with E-state index in [1.807, 2.05) is 0 Å². The molecule has 0 saturated heterocycles. The molecule has 1 amide bonds. The van der Waals surface area contributed by atoms with E-state index in [2.05, 4.69) is 17.2 Å². The zero-order chi connectivity index (χ0) is 14.3. The van der Waals surface area contributed by atoms with Crippen LogP contribution in [0.3, 0.4) is 0 Å². The van der Waals surface area contributed by atoms with Crippen LogP contribution in [0, 0.1) is 11.3 Å². The lowest BCUT2D eigenvalue weighted by atomic mass is 10.1. The summed E-state index contributed by atoms with van der Waals surface area (Å²) in [5.41, 5.74) is 6.46. The molecule has 0 aliphatic rings. The molecule has 0 aliphatic heterocycles. The van der Waals surface area contributed by atoms with E-state index in [1.165, 1.54) is 0 Å². The average molecular weight is 279 g/mol. The number of carbonyl (C=O) groups is 1. The number of azo groups is 1. The molecule has 0 spiro atoms. The van der Waals surface area contributed by atoms with Gasteiger partial charge in [0.1, 0.15) is 6.07 Å². The summed E-state index contributed by atoms with van der Waals surface area (Å²) in [7, 11) is 0. The number of nitriles is 1. The number of primary amides is 1. The van der Waals surface area contributed by atoms with Gasteiger partial charge in [0.05, 0.1) is 5.69 Å². The van der Waals surface area contributed by atoms with Crippen molar-refractivity contribution in [1.82, 2.24) is 0 Å². The number of amides is 1. The molecule has 6 heteroatoms. The van der Waals surface area contributed by atoms with E-state index in [0.717, 1.165) is 24.8 Å². The van der Waals surface area contributed by atoms with Gasteiger partial charge >= 0.3 is 0 Å². The molecular formula is C13H15ClN4O. The number of nitrogens with two attached hydrogens (primary N) is 1. The minimum Gasteiger partial charge on any atom is -0.367 e. The number of rotatable bonds is 6. The van der Waals surface area contributed by atoms with Gasteiger partial charge in [0.2, 0.25) is 6.04 Å². The van der Waals surface area contributed by atoms with Crippen molar-refractivity contribution in [3.8, 4) is 6.07 Å². The van der Waals surface area contributed by atoms with Crippen molar-refractivity contribution in [3.05, 3.63) is 28.8 Å². The van der Waals surface area contributed by atoms with Crippen molar-refractivity contribution in [1.29, 1.82) is 5.26 Å². The van der Waals surface area contributed by atoms with Gasteiger partial charge in [-0.1, -0.05) is 31.0 Å². The van der Waals surface area contributed by atoms with Crippen molar-refractivity contribution in [2.75, 3.05) is 0 Å². The summed E-state index contributed by atoms with van der Waals surface area (Å²) in [6.07, 6.45) is 2.78. The van der Waals surface area contributed by atoms with Gasteiger partial charge in [0.15, 0.2) is 0 Å². The first-order valence-corrected chi connectivity index (χ1v) is 6.35. The first kappa shape index (κ1) is 15.1. The van der Waals surface area contributed by atoms with E-state index in [-0.39, 0.29) is 0 Å². The van der Waals surface area contributed by atoms with Crippen LogP contribution < -0.4 is 5.73 Å². The van der Waals surface area contributed by atoms with Gasteiger partial charge in [-0.3, -0.25) is 4.79 Å². The summed E-state index contributed by atoms with van der Waals surface area (Å²) in [5, 5.41) is 16.9. The molecule has 1 unspecified atom stereocenters. The molecule has 0 fully saturated rings. The molecule has 5 nitrogen and oxygen atoms in total. The zero-order valence-corrected chi connectivity index (χ0v) is 11.4. The minimum atomic E-state index is -1.27. The van der Waals surface area contributed by atoms with Crippen molar-refractivity contribution in [3.63, 3.8) is 0 Å². The molecule has 1 atom stereocenters. The van der Waals surface area contributed by atoms with E-state index in [0.29, 0.717) is 10.7 Å². The standard InChI is InChI=1S/C13H15ClN4O/c1-2-3-5-9-10(14)6-4-7-11(9)17-18-12(8-15)13(16)19/h4,6-7,12H,2-3,5H2,1H3,(H2,16,19). The summed E-state index contributed by atoms with van der Waals surface area (Å²) in [4.78, 5) is 10.9. The maximum atomic E-state index is 10.9. The predicted octanol–water partition coefficient (Wildman–Crippen LogP) is 3.14. The molecule has 2 N–H and O–H groups in total. The topological polar surface area (TPSA) is 91.6 Å². The Morgan fingerprint density at radius 2 is 2.32 bits per heavy atom. The van der Waals surface area contributed by atoms with Gasteiger partial charge in [-0.25, -0.2) is 0 Å². The van der Waals surface area contributed by atoms with E-state index in [1.54, 1.807) is 24.3 Å². The third-order valence-electron chi connectivity index (χ3n) is 2.55. The number of hydrogen-bond acceptors (Lipinski definition) is 4. The zero-order valence-electron chi connectivity index (χ0n) is 10.6. The van der Waals surface area contributed by atoms with Crippen LogP contribution in [0.25, 0.3) is 0 Å². The molecule has 0 aromatic heterocycles. The summed E-state index contributed by atoms with van der Waals surface area (Å²) in [6.45, 7) is 2.08. The lowest BCUT2D eigenvalue weighted by Gasteiger charge is -2.06. The van der Waals surface area contributed by atoms with Crippen molar-refractivity contribution in [2.24, 2.45) is 16.0 Å². The van der Waals surface area contributed by atoms with Crippen molar-refractivity contribution in [2.45, 2.75) is 32.2 Å². The maximum Gasteiger partial charge on any atom is 0.258 e. The quantitative estimate of drug-likeness (QED) is 0.810. The second-order valence-electron chi connectivity index (χ2n) is 3.99. The number of unbranched alkanes of at least 4 members (excludes halogenated alkanes) is 1. The van der Waals surface area contributed by atoms with Gasteiger partial charge in [0, 0.05) is 5.02 Å². The van der Waals surface area contributed by atoms with Crippen molar-refractivity contribution < 1.29 is 4.79 Å². The van der Waals surface area contributed by atoms with E-state index in [4.69, 9.17) is 22.6 Å². The van der Waals surface area contributed by atoms with E-state index >= 15 is 0 Å². The largest absolute Gasteiger partial charge is 0.367 e. The summed E-state index contributed by atoms with van der Waals surface area (Å²) < 4.78 is 0. The van der Waals surface area contributed by atoms with Crippen molar-refractivity contribution >= 4 is 23.2 Å². The van der Waals surface area contributed by atoms with Crippen LogP contribution in [0.5, 0.6) is 0 Å². The summed E-state index contributed by atoms with van der Waals surface area (Å²) in [6, 6.07) is 5.69. The highest BCUT2D eigenvalue weighted by Gasteiger charge is 2.13. The molecule has 0 heterocycles. The average Bonchev–Trinajstić information content (AvgIpc) is 2.38. The summed E-state index contributed by atoms with van der Waals surface area (Å²) in [5.74, 6) is -0.816. The molecule has 0 bridgehead atoms. The predicted molar refractivity (Wildman–Crippen MR) is 73.2 cm³/mol. The third kappa shape index (κ3) is 4.34. The normalized spacial score (nSPS) is 12.3. The Bertz CT molecular complexity index is 522. The Balaban J connectivity index is 3.00. The molecular weight excluding hydrogens is 264 g/mol. The first-order chi connectivity index (χ1) is 9.10. The second-order valence-corrected chi connectivity index (χ2v) is 4.40. The third-order valence-corrected chi connectivity index (χ3v) is 2.90. The van der Waals surface area contributed by atoms with Crippen LogP contribution in [0.15, 0.2) is 28.4 Å². The van der Waals surface area contributed by atoms with Gasteiger partial charge in [-0.2, -0.15) is 15.5 Å². The van der Waals surface area contributed by atoms with Crippen LogP contribution >= 0.6 is 11.6 Å². The molecule has 0 aliphatic carbocycles. The lowest BCUT2D eigenvalue weighted by Crippen LogP contribution is -2.24. The fraction of sp³-hybridized carbons (Fsp3) is 0.385. The Morgan fingerprint density at radius 3 is 2.89 bits per heavy atom. The molecule has 19 heavy (non-hydrogen) atoms. The molecule has 0 saturated carbocycles. The fourth-order valence-corrected chi connectivity index (χ4v) is 1.77. The van der Waals surface area contributed by atoms with Crippen LogP contribution in [-0.4, -0.2) is 11.9 Å². The Kier molecular flexibility index (Phi) is 5.97. The Labute approximate surface area is 117 Å². The molecule has 1 aromatic rings. The van der Waals surface area contributed by atoms with Crippen LogP contribution in [0.2, 0.25) is 5.02 Å². The van der Waals surface area contributed by atoms with Gasteiger partial charge in [0.25, 0.3) is 5.91 Å². The number of nitrogens with zero attached hydrogens (tertiary/aromatic N) is 3. The molecule has 1 aromatic carbocycles. The number of hydrogen-bond donors (Lipinski definition) is 1. The second kappa shape index (κ2) is 7.49. The van der Waals surface area contributed by atoms with E-state index in [9.17, 15) is 4.79 Å². The molecule has 1 rings (SSSR count). The Morgan fingerprint density at radius 1 is 1.58 bits per heavy atom. The monoisotopic (exact) mass is 278 g/mol. The van der Waals surface area contributed by atoms with Gasteiger partial charge in [-0.15, -0.1) is 0 Å². The first-order valence-electron chi connectivity index (χ1n) is 5.97. The molecule has 100 valence electrons. The minimum absolute atomic E-state index is 0.572. The Hall–Kier alpha value is -1.93. The maximum absolute atomic E-state index is 10.9. The highest BCUT2D eigenvalue weighted by atomic mass is 35.5. The fourth-order valence-electron chi connectivity index (χ4n) is 1.51. The number of benzene rings is 1. The van der Waals surface area contributed by atoms with Crippen LogP contribution in [0.1, 0.15) is 25.3 Å². The van der Waals surface area contributed by atoms with E-state index < -0.39 is 11.9 Å². The molecule has 0 radical (unpaired) electrons. The lowest BCUT2D eigenvalue weighted by molar-refractivity contribution is -0.118. The smallest absolute Gasteiger partial charge is 0.258 e. The van der Waals surface area contributed by atoms with Gasteiger partial charge in [-0.05, 0) is 30.5 Å². The number of carbonyl (C=O) groups excluding carboxylic acids is 1. The van der Waals surface area contributed by atoms with Gasteiger partial charge < -0.3 is 5.73 Å². The van der Waals surface area contributed by atoms with Crippen LogP contribution in [0.4, 0.5) is 5.69 Å². The summed E-state index contributed by atoms with van der Waals surface area (Å²) >= 11 is 6.12.